The van der Waals surface area contributed by atoms with E-state index < -0.39 is 41.4 Å². The molecule has 0 spiro atoms. The molecule has 3 atom stereocenters. The van der Waals surface area contributed by atoms with Crippen LogP contribution in [0.1, 0.15) is 86.9 Å². The van der Waals surface area contributed by atoms with E-state index in [1.807, 2.05) is 12.1 Å². The van der Waals surface area contributed by atoms with Crippen molar-refractivity contribution in [2.75, 3.05) is 16.3 Å². The number of nitriles is 1. The van der Waals surface area contributed by atoms with Crippen molar-refractivity contribution >= 4 is 34.9 Å². The fraction of sp³-hybridized carbons (Fsp3) is 0.444. The summed E-state index contributed by atoms with van der Waals surface area (Å²) in [5, 5.41) is 25.0. The van der Waals surface area contributed by atoms with Crippen LogP contribution in [0.25, 0.3) is 0 Å². The van der Waals surface area contributed by atoms with E-state index in [-0.39, 0.29) is 67.7 Å². The van der Waals surface area contributed by atoms with Crippen LogP contribution in [-0.4, -0.2) is 52.1 Å². The van der Waals surface area contributed by atoms with Crippen molar-refractivity contribution in [2.24, 2.45) is 0 Å². The van der Waals surface area contributed by atoms with Crippen LogP contribution in [0.4, 0.5) is 24.7 Å². The molecule has 2 amide bonds. The molecule has 8 nitrogen and oxygen atoms in total. The van der Waals surface area contributed by atoms with Crippen molar-refractivity contribution in [3.63, 3.8) is 0 Å². The first kappa shape index (κ1) is 33.7. The molecule has 2 heterocycles. The fourth-order valence-corrected chi connectivity index (χ4v) is 7.23. The minimum absolute atomic E-state index is 0.0887. The van der Waals surface area contributed by atoms with Gasteiger partial charge in [0.15, 0.2) is 0 Å². The lowest BCUT2D eigenvalue weighted by Crippen LogP contribution is -2.57. The van der Waals surface area contributed by atoms with Crippen LogP contribution in [0.5, 0.6) is 0 Å². The second-order valence-electron chi connectivity index (χ2n) is 13.4. The summed E-state index contributed by atoms with van der Waals surface area (Å²) in [6.45, 7) is 1.30. The van der Waals surface area contributed by atoms with E-state index in [2.05, 4.69) is 10.3 Å². The van der Waals surface area contributed by atoms with Gasteiger partial charge in [0.2, 0.25) is 17.7 Å². The third-order valence-electron chi connectivity index (χ3n) is 9.65. The Morgan fingerprint density at radius 1 is 1.17 bits per heavy atom. The number of carbonyl (C=O) groups excluding carboxylic acids is 2. The van der Waals surface area contributed by atoms with E-state index in [0.29, 0.717) is 16.8 Å². The van der Waals surface area contributed by atoms with Gasteiger partial charge in [0.05, 0.1) is 17.7 Å². The molecule has 3 aliphatic rings. The van der Waals surface area contributed by atoms with Gasteiger partial charge in [-0.3, -0.25) is 14.5 Å². The van der Waals surface area contributed by atoms with Crippen LogP contribution in [0.3, 0.4) is 0 Å². The molecule has 3 fully saturated rings. The zero-order valence-corrected chi connectivity index (χ0v) is 27.3. The number of pyridine rings is 1. The van der Waals surface area contributed by atoms with Gasteiger partial charge in [0, 0.05) is 54.3 Å². The van der Waals surface area contributed by atoms with Gasteiger partial charge in [0.1, 0.15) is 23.3 Å². The van der Waals surface area contributed by atoms with Crippen molar-refractivity contribution in [3.8, 4) is 6.07 Å². The lowest BCUT2D eigenvalue weighted by atomic mass is 9.90. The zero-order chi connectivity index (χ0) is 34.2. The Morgan fingerprint density at radius 3 is 2.58 bits per heavy atom. The number of hydrogen-bond donors (Lipinski definition) is 2. The maximum Gasteiger partial charge on any atom is 0.248 e. The Morgan fingerprint density at radius 2 is 1.90 bits per heavy atom. The summed E-state index contributed by atoms with van der Waals surface area (Å²) in [7, 11) is 0. The van der Waals surface area contributed by atoms with Gasteiger partial charge in [-0.05, 0) is 86.9 Å². The van der Waals surface area contributed by atoms with Crippen LogP contribution in [-0.2, 0) is 9.59 Å². The van der Waals surface area contributed by atoms with Crippen LogP contribution >= 0.6 is 11.6 Å². The van der Waals surface area contributed by atoms with Crippen LogP contribution < -0.4 is 15.1 Å². The highest BCUT2D eigenvalue weighted by Crippen LogP contribution is 2.44. The van der Waals surface area contributed by atoms with Crippen molar-refractivity contribution in [1.29, 1.82) is 5.26 Å². The number of aliphatic hydroxyl groups is 1. The van der Waals surface area contributed by atoms with Crippen molar-refractivity contribution in [1.82, 2.24) is 10.3 Å². The van der Waals surface area contributed by atoms with Gasteiger partial charge in [0.25, 0.3) is 0 Å². The lowest BCUT2D eigenvalue weighted by molar-refractivity contribution is -0.124. The molecule has 1 aromatic heterocycles. The van der Waals surface area contributed by atoms with Gasteiger partial charge >= 0.3 is 0 Å². The maximum atomic E-state index is 15.3. The Balaban J connectivity index is 1.42. The summed E-state index contributed by atoms with van der Waals surface area (Å²) >= 11 is 6.72. The quantitative estimate of drug-likeness (QED) is 0.244. The fourth-order valence-electron chi connectivity index (χ4n) is 6.99. The molecule has 0 radical (unpaired) electrons. The molecular formula is C36H37ClF3N5O3. The molecule has 0 bridgehead atoms. The highest BCUT2D eigenvalue weighted by molar-refractivity contribution is 6.31. The Bertz CT molecular complexity index is 1730. The SMILES string of the molecule is C[C@](O)(CN(c1cc(F)cc(C2CC2)c1)[C@H](C(=O)NC1CCC(F)(F)CC1)c1ccccc1Cl)[C@@H]1CCC(=O)N1c1cc(C#N)ccn1. The van der Waals surface area contributed by atoms with E-state index in [1.54, 1.807) is 36.1 Å². The molecule has 6 rings (SSSR count). The lowest BCUT2D eigenvalue weighted by Gasteiger charge is -2.43. The predicted octanol–water partition coefficient (Wildman–Crippen LogP) is 6.81. The van der Waals surface area contributed by atoms with E-state index in [9.17, 15) is 28.7 Å². The van der Waals surface area contributed by atoms with Gasteiger partial charge in [-0.1, -0.05) is 29.8 Å². The molecule has 48 heavy (non-hydrogen) atoms. The Kier molecular flexibility index (Phi) is 9.42. The molecule has 2 aromatic carbocycles. The van der Waals surface area contributed by atoms with Crippen LogP contribution in [0.2, 0.25) is 5.02 Å². The maximum absolute atomic E-state index is 15.3. The van der Waals surface area contributed by atoms with Crippen molar-refractivity contribution < 1.29 is 27.9 Å². The number of rotatable bonds is 10. The standard InChI is InChI=1S/C36H37ClF3N5O3/c1-35(48,30-8-9-32(46)45(30)31-16-22(20-41)12-15-42-31)21-44(27-18-24(23-6-7-23)17-25(38)19-27)33(28-4-2-3-5-29(28)37)34(47)43-26-10-13-36(39,40)14-11-26/h2-5,12,15-19,23,26,30,33,48H,6-11,13-14,21H2,1H3,(H,43,47)/t30-,33-,35-/m0/s1. The van der Waals surface area contributed by atoms with Gasteiger partial charge < -0.3 is 15.3 Å². The van der Waals surface area contributed by atoms with E-state index in [1.165, 1.54) is 35.4 Å². The molecule has 252 valence electrons. The van der Waals surface area contributed by atoms with Gasteiger partial charge in [-0.25, -0.2) is 18.2 Å². The summed E-state index contributed by atoms with van der Waals surface area (Å²) in [4.78, 5) is 34.9. The molecule has 12 heteroatoms. The van der Waals surface area contributed by atoms with Gasteiger partial charge in [-0.2, -0.15) is 5.26 Å². The first-order valence-corrected chi connectivity index (χ1v) is 16.6. The molecule has 0 unspecified atom stereocenters. The number of hydrogen-bond acceptors (Lipinski definition) is 6. The Labute approximate surface area is 282 Å². The van der Waals surface area contributed by atoms with Gasteiger partial charge in [-0.15, -0.1) is 0 Å². The monoisotopic (exact) mass is 679 g/mol. The molecular weight excluding hydrogens is 643 g/mol. The number of amides is 2. The molecule has 2 N–H and O–H groups in total. The zero-order valence-electron chi connectivity index (χ0n) is 26.5. The highest BCUT2D eigenvalue weighted by atomic mass is 35.5. The molecule has 1 saturated heterocycles. The Hall–Kier alpha value is -4.14. The summed E-state index contributed by atoms with van der Waals surface area (Å²) < 4.78 is 43.3. The number of nitrogens with zero attached hydrogens (tertiary/aromatic N) is 4. The minimum Gasteiger partial charge on any atom is -0.386 e. The molecule has 2 saturated carbocycles. The van der Waals surface area contributed by atoms with E-state index >= 15 is 4.39 Å². The van der Waals surface area contributed by atoms with E-state index in [0.717, 1.165) is 18.4 Å². The third kappa shape index (κ3) is 7.30. The van der Waals surface area contributed by atoms with Crippen LogP contribution in [0.15, 0.2) is 60.8 Å². The third-order valence-corrected chi connectivity index (χ3v) is 9.99. The second-order valence-corrected chi connectivity index (χ2v) is 13.8. The molecule has 3 aromatic rings. The molecule has 2 aliphatic carbocycles. The van der Waals surface area contributed by atoms with E-state index in [4.69, 9.17) is 11.6 Å². The number of carbonyl (C=O) groups is 2. The first-order chi connectivity index (χ1) is 22.8. The summed E-state index contributed by atoms with van der Waals surface area (Å²) in [5.74, 6) is -3.74. The summed E-state index contributed by atoms with van der Waals surface area (Å²) in [6, 6.07) is 13.8. The number of benzene rings is 2. The molecule has 1 aliphatic heterocycles. The normalized spacial score (nSPS) is 21.3. The summed E-state index contributed by atoms with van der Waals surface area (Å²) in [6.07, 6.45) is 3.06. The number of aromatic nitrogens is 1. The first-order valence-electron chi connectivity index (χ1n) is 16.3. The minimum atomic E-state index is -2.79. The summed E-state index contributed by atoms with van der Waals surface area (Å²) in [5.41, 5.74) is 0.0528. The average molecular weight is 680 g/mol. The number of nitrogens with one attached hydrogen (secondary N) is 1. The predicted molar refractivity (Wildman–Crippen MR) is 175 cm³/mol. The van der Waals surface area contributed by atoms with Crippen LogP contribution in [0, 0.1) is 17.1 Å². The second kappa shape index (κ2) is 13.4. The topological polar surface area (TPSA) is 110 Å². The largest absolute Gasteiger partial charge is 0.386 e. The van der Waals surface area contributed by atoms with Crippen molar-refractivity contribution in [3.05, 3.63) is 88.3 Å². The number of alkyl halides is 2. The highest BCUT2D eigenvalue weighted by Gasteiger charge is 2.47. The average Bonchev–Trinajstić information content (AvgIpc) is 3.83. The number of anilines is 2. The van der Waals surface area contributed by atoms with Crippen molar-refractivity contribution in [2.45, 2.75) is 93.9 Å². The number of halogens is 4. The smallest absolute Gasteiger partial charge is 0.248 e.